The molecule has 116 valence electrons. The maximum Gasteiger partial charge on any atom is 0.309 e. The topological polar surface area (TPSA) is 52.6 Å². The second kappa shape index (κ2) is 5.82. The molecule has 0 aromatic heterocycles. The van der Waals surface area contributed by atoms with Crippen molar-refractivity contribution in [3.63, 3.8) is 0 Å². The zero-order chi connectivity index (χ0) is 15.9. The Morgan fingerprint density at radius 3 is 2.68 bits per heavy atom. The number of carbonyl (C=O) groups excluding carboxylic acids is 1. The van der Waals surface area contributed by atoms with E-state index in [1.54, 1.807) is 0 Å². The lowest BCUT2D eigenvalue weighted by molar-refractivity contribution is -0.153. The highest BCUT2D eigenvalue weighted by Gasteiger charge is 2.65. The minimum Gasteiger partial charge on any atom is -0.461 e. The number of benzene rings is 1. The summed E-state index contributed by atoms with van der Waals surface area (Å²) in [5.41, 5.74) is 0.175. The Morgan fingerprint density at radius 2 is 2.05 bits per heavy atom. The number of carbonyl (C=O) groups is 1. The Balaban J connectivity index is 1.67. The summed E-state index contributed by atoms with van der Waals surface area (Å²) in [4.78, 5) is 12.2. The highest BCUT2D eigenvalue weighted by Crippen LogP contribution is 2.51. The first kappa shape index (κ1) is 15.7. The van der Waals surface area contributed by atoms with Crippen molar-refractivity contribution in [1.29, 1.82) is 0 Å². The van der Waals surface area contributed by atoms with Crippen LogP contribution in [0.2, 0.25) is 0 Å². The Morgan fingerprint density at radius 1 is 1.36 bits per heavy atom. The van der Waals surface area contributed by atoms with Crippen LogP contribution in [0.25, 0.3) is 0 Å². The molecule has 2 fully saturated rings. The molecule has 2 saturated heterocycles. The zero-order valence-electron chi connectivity index (χ0n) is 12.7. The van der Waals surface area contributed by atoms with Crippen molar-refractivity contribution in [1.82, 2.24) is 0 Å². The Bertz CT molecular complexity index is 593. The Hall–Kier alpha value is -1.14. The molecule has 1 aromatic carbocycles. The van der Waals surface area contributed by atoms with E-state index in [0.29, 0.717) is 0 Å². The second-order valence-electron chi connectivity index (χ2n) is 6.08. The van der Waals surface area contributed by atoms with Gasteiger partial charge in [0.2, 0.25) is 0 Å². The third-order valence-electron chi connectivity index (χ3n) is 4.91. The summed E-state index contributed by atoms with van der Waals surface area (Å²) >= 11 is 0. The van der Waals surface area contributed by atoms with Gasteiger partial charge < -0.3 is 9.47 Å². The second-order valence-corrected chi connectivity index (χ2v) is 7.99. The van der Waals surface area contributed by atoms with E-state index in [0.717, 1.165) is 5.56 Å². The van der Waals surface area contributed by atoms with Gasteiger partial charge in [-0.25, -0.2) is 0 Å². The molecule has 0 spiro atoms. The van der Waals surface area contributed by atoms with E-state index in [-0.39, 0.29) is 35.4 Å². The van der Waals surface area contributed by atoms with Gasteiger partial charge in [-0.1, -0.05) is 37.3 Å². The first-order valence-corrected chi connectivity index (χ1v) is 8.75. The molecule has 22 heavy (non-hydrogen) atoms. The number of ether oxygens (including phenoxy) is 2. The first-order chi connectivity index (χ1) is 10.5. The van der Waals surface area contributed by atoms with Gasteiger partial charge in [0.15, 0.2) is 0 Å². The van der Waals surface area contributed by atoms with Crippen molar-refractivity contribution >= 4 is 24.6 Å². The van der Waals surface area contributed by atoms with Gasteiger partial charge in [0.1, 0.15) is 14.5 Å². The number of rotatable bonds is 4. The SMILES string of the molecule is [B][C@@H]1O[C@]2(CC(=O)OCc3ccccc3)C(C)[C@@H]1S(=O)[C@H]2C. The van der Waals surface area contributed by atoms with E-state index in [4.69, 9.17) is 17.3 Å². The molecule has 2 aliphatic heterocycles. The van der Waals surface area contributed by atoms with Crippen LogP contribution in [-0.4, -0.2) is 40.1 Å². The maximum atomic E-state index is 12.4. The summed E-state index contributed by atoms with van der Waals surface area (Å²) in [5, 5.41) is -0.409. The lowest BCUT2D eigenvalue weighted by atomic mass is 9.82. The van der Waals surface area contributed by atoms with E-state index < -0.39 is 22.4 Å². The molecule has 6 atom stereocenters. The molecule has 2 unspecified atom stereocenters. The highest BCUT2D eigenvalue weighted by molar-refractivity contribution is 7.86. The van der Waals surface area contributed by atoms with Crippen LogP contribution in [0.4, 0.5) is 0 Å². The quantitative estimate of drug-likeness (QED) is 0.624. The number of hydrogen-bond acceptors (Lipinski definition) is 4. The zero-order valence-corrected chi connectivity index (χ0v) is 13.5. The third kappa shape index (κ3) is 2.42. The van der Waals surface area contributed by atoms with Crippen LogP contribution < -0.4 is 0 Å². The smallest absolute Gasteiger partial charge is 0.309 e. The fraction of sp³-hybridized carbons (Fsp3) is 0.562. The monoisotopic (exact) mass is 318 g/mol. The summed E-state index contributed by atoms with van der Waals surface area (Å²) < 4.78 is 23.5. The largest absolute Gasteiger partial charge is 0.461 e. The van der Waals surface area contributed by atoms with Crippen molar-refractivity contribution in [3.8, 4) is 0 Å². The minimum absolute atomic E-state index is 0.0115. The number of esters is 1. The van der Waals surface area contributed by atoms with Gasteiger partial charge in [0.25, 0.3) is 0 Å². The van der Waals surface area contributed by atoms with E-state index in [1.165, 1.54) is 0 Å². The summed E-state index contributed by atoms with van der Waals surface area (Å²) in [6.07, 6.45) is 0.0953. The van der Waals surface area contributed by atoms with Crippen molar-refractivity contribution in [3.05, 3.63) is 35.9 Å². The molecule has 0 N–H and O–H groups in total. The molecule has 4 nitrogen and oxygen atoms in total. The van der Waals surface area contributed by atoms with Crippen molar-refractivity contribution in [2.75, 3.05) is 0 Å². The van der Waals surface area contributed by atoms with Gasteiger partial charge >= 0.3 is 5.97 Å². The van der Waals surface area contributed by atoms with Gasteiger partial charge in [-0.3, -0.25) is 9.00 Å². The molecule has 2 bridgehead atoms. The molecule has 0 aliphatic carbocycles. The van der Waals surface area contributed by atoms with Crippen LogP contribution in [0, 0.1) is 5.92 Å². The van der Waals surface area contributed by atoms with E-state index >= 15 is 0 Å². The van der Waals surface area contributed by atoms with Crippen molar-refractivity contribution in [2.45, 2.75) is 49.0 Å². The predicted octanol–water partition coefficient (Wildman–Crippen LogP) is 1.54. The maximum absolute atomic E-state index is 12.4. The Kier molecular flexibility index (Phi) is 4.16. The average Bonchev–Trinajstić information content (AvgIpc) is 2.84. The molecule has 3 rings (SSSR count). The average molecular weight is 318 g/mol. The van der Waals surface area contributed by atoms with Crippen LogP contribution >= 0.6 is 0 Å². The molecule has 6 heteroatoms. The summed E-state index contributed by atoms with van der Waals surface area (Å²) in [6.45, 7) is 4.06. The summed E-state index contributed by atoms with van der Waals surface area (Å²) in [5.74, 6) is -0.350. The normalized spacial score (nSPS) is 39.8. The van der Waals surface area contributed by atoms with Gasteiger partial charge in [0, 0.05) is 22.7 Å². The Labute approximate surface area is 134 Å². The van der Waals surface area contributed by atoms with Crippen molar-refractivity contribution in [2.24, 2.45) is 5.92 Å². The molecule has 2 aliphatic rings. The van der Waals surface area contributed by atoms with Gasteiger partial charge in [-0.2, -0.15) is 0 Å². The minimum atomic E-state index is -1.07. The van der Waals surface area contributed by atoms with Crippen LogP contribution in [0.5, 0.6) is 0 Å². The van der Waals surface area contributed by atoms with E-state index in [1.807, 2.05) is 44.2 Å². The number of hydrogen-bond donors (Lipinski definition) is 0. The predicted molar refractivity (Wildman–Crippen MR) is 84.8 cm³/mol. The van der Waals surface area contributed by atoms with Gasteiger partial charge in [0.05, 0.1) is 22.5 Å². The molecule has 0 saturated carbocycles. The molecular weight excluding hydrogens is 299 g/mol. The lowest BCUT2D eigenvalue weighted by Gasteiger charge is -2.35. The third-order valence-corrected chi connectivity index (χ3v) is 7.22. The van der Waals surface area contributed by atoms with E-state index in [9.17, 15) is 9.00 Å². The molecule has 0 amide bonds. The van der Waals surface area contributed by atoms with Crippen molar-refractivity contribution < 1.29 is 18.5 Å². The summed E-state index contributed by atoms with van der Waals surface area (Å²) in [7, 11) is 4.85. The first-order valence-electron chi connectivity index (χ1n) is 7.48. The van der Waals surface area contributed by atoms with Gasteiger partial charge in [-0.05, 0) is 12.5 Å². The lowest BCUT2D eigenvalue weighted by Crippen LogP contribution is -2.47. The summed E-state index contributed by atoms with van der Waals surface area (Å²) in [6, 6.07) is 8.95. The van der Waals surface area contributed by atoms with Crippen LogP contribution in [-0.2, 0) is 31.7 Å². The van der Waals surface area contributed by atoms with Gasteiger partial charge in [-0.15, -0.1) is 0 Å². The van der Waals surface area contributed by atoms with E-state index in [2.05, 4.69) is 0 Å². The number of fused-ring (bicyclic) bond motifs is 2. The fourth-order valence-electron chi connectivity index (χ4n) is 3.58. The van der Waals surface area contributed by atoms with Crippen LogP contribution in [0.3, 0.4) is 0 Å². The highest BCUT2D eigenvalue weighted by atomic mass is 32.2. The molecular formula is C16H19BO4S. The molecule has 2 heterocycles. The van der Waals surface area contributed by atoms with Crippen LogP contribution in [0.1, 0.15) is 25.8 Å². The molecule has 2 radical (unpaired) electrons. The molecule has 1 aromatic rings. The fourth-order valence-corrected chi connectivity index (χ4v) is 5.75. The standard InChI is InChI=1S/C16H19BO4S/c1-10-14-15(17)21-16(10,11(2)22(14)19)8-13(18)20-9-12-6-4-3-5-7-12/h3-7,10-11,14-15H,8-9H2,1-2H3/t10?,11-,14-,15+,16+,22?/m0/s1. The van der Waals surface area contributed by atoms with Crippen LogP contribution in [0.15, 0.2) is 30.3 Å².